The Labute approximate surface area is 226 Å². The summed E-state index contributed by atoms with van der Waals surface area (Å²) in [5.74, 6) is -0.417. The van der Waals surface area contributed by atoms with Crippen molar-refractivity contribution < 1.29 is 31.3 Å². The van der Waals surface area contributed by atoms with Crippen molar-refractivity contribution in [1.82, 2.24) is 9.97 Å². The monoisotopic (exact) mass is 564 g/mol. The molecule has 0 saturated carbocycles. The van der Waals surface area contributed by atoms with Crippen molar-refractivity contribution >= 4 is 28.6 Å². The number of pyridine rings is 2. The number of alkyl halides is 3. The molecular formula is C27H28F4N4O3S. The summed E-state index contributed by atoms with van der Waals surface area (Å²) in [6, 6.07) is 10.7. The molecule has 1 aromatic carbocycles. The molecule has 12 heteroatoms. The van der Waals surface area contributed by atoms with Crippen molar-refractivity contribution in [3.8, 4) is 11.3 Å². The molecule has 1 atom stereocenters. The van der Waals surface area contributed by atoms with Gasteiger partial charge in [-0.15, -0.1) is 0 Å². The zero-order chi connectivity index (χ0) is 28.4. The van der Waals surface area contributed by atoms with Crippen LogP contribution in [0.3, 0.4) is 0 Å². The first kappa shape index (κ1) is 28.5. The third kappa shape index (κ3) is 6.21. The molecule has 0 radical (unpaired) electrons. The first-order valence-electron chi connectivity index (χ1n) is 12.3. The van der Waals surface area contributed by atoms with Crippen LogP contribution in [0.25, 0.3) is 11.3 Å². The second kappa shape index (κ2) is 11.3. The number of halogens is 4. The largest absolute Gasteiger partial charge is 0.466 e. The van der Waals surface area contributed by atoms with Crippen LogP contribution in [0.1, 0.15) is 37.8 Å². The summed E-state index contributed by atoms with van der Waals surface area (Å²) < 4.78 is 76.2. The van der Waals surface area contributed by atoms with Crippen LogP contribution in [0.15, 0.2) is 53.6 Å². The summed E-state index contributed by atoms with van der Waals surface area (Å²) in [6.07, 6.45) is -3.60. The van der Waals surface area contributed by atoms with Gasteiger partial charge in [0.1, 0.15) is 17.5 Å². The fourth-order valence-corrected chi connectivity index (χ4v) is 5.17. The van der Waals surface area contributed by atoms with Crippen LogP contribution in [-0.2, 0) is 26.7 Å². The molecule has 208 valence electrons. The Kier molecular flexibility index (Phi) is 8.24. The van der Waals surface area contributed by atoms with E-state index in [0.29, 0.717) is 38.4 Å². The Morgan fingerprint density at radius 3 is 2.46 bits per heavy atom. The summed E-state index contributed by atoms with van der Waals surface area (Å²) in [5, 5.41) is 0.149. The van der Waals surface area contributed by atoms with E-state index >= 15 is 0 Å². The molecule has 2 aromatic heterocycles. The van der Waals surface area contributed by atoms with Gasteiger partial charge in [0.05, 0.1) is 23.3 Å². The maximum absolute atomic E-state index is 14.1. The van der Waals surface area contributed by atoms with E-state index in [0.717, 1.165) is 18.2 Å². The predicted octanol–water partition coefficient (Wildman–Crippen LogP) is 5.91. The summed E-state index contributed by atoms with van der Waals surface area (Å²) in [5.41, 5.74) is -2.09. The number of aromatic nitrogens is 2. The lowest BCUT2D eigenvalue weighted by Crippen LogP contribution is -2.43. The van der Waals surface area contributed by atoms with Crippen molar-refractivity contribution in [2.45, 2.75) is 44.8 Å². The third-order valence-electron chi connectivity index (χ3n) is 6.78. The van der Waals surface area contributed by atoms with E-state index in [1.54, 1.807) is 19.1 Å². The number of hydrogen-bond donors (Lipinski definition) is 1. The number of nitrogens with zero attached hydrogens (tertiary/aromatic N) is 3. The normalized spacial score (nSPS) is 16.0. The van der Waals surface area contributed by atoms with Crippen LogP contribution < -0.4 is 9.62 Å². The van der Waals surface area contributed by atoms with Crippen LogP contribution in [0, 0.1) is 18.2 Å². The number of carbonyl (C=O) groups excluding carboxylic acids is 1. The molecule has 0 bridgehead atoms. The van der Waals surface area contributed by atoms with Crippen molar-refractivity contribution in [2.75, 3.05) is 29.3 Å². The quantitative estimate of drug-likeness (QED) is 0.284. The van der Waals surface area contributed by atoms with Gasteiger partial charge in [-0.05, 0) is 69.5 Å². The molecule has 0 spiro atoms. The highest BCUT2D eigenvalue weighted by molar-refractivity contribution is 7.86. The molecule has 3 aromatic rings. The molecule has 7 nitrogen and oxygen atoms in total. The van der Waals surface area contributed by atoms with Gasteiger partial charge < -0.3 is 9.64 Å². The van der Waals surface area contributed by atoms with Gasteiger partial charge in [0.2, 0.25) is 0 Å². The molecule has 39 heavy (non-hydrogen) atoms. The lowest BCUT2D eigenvalue weighted by Gasteiger charge is -2.38. The highest BCUT2D eigenvalue weighted by atomic mass is 32.2. The summed E-state index contributed by atoms with van der Waals surface area (Å²) in [6.45, 7) is 6.42. The molecule has 0 amide bonds. The zero-order valence-corrected chi connectivity index (χ0v) is 22.5. The Morgan fingerprint density at radius 2 is 1.79 bits per heavy atom. The fourth-order valence-electron chi connectivity index (χ4n) is 4.38. The van der Waals surface area contributed by atoms with Crippen molar-refractivity contribution in [3.63, 3.8) is 0 Å². The topological polar surface area (TPSA) is 84.4 Å². The summed E-state index contributed by atoms with van der Waals surface area (Å²) in [4.78, 5) is 22.8. The van der Waals surface area contributed by atoms with Gasteiger partial charge in [-0.25, -0.2) is 18.6 Å². The van der Waals surface area contributed by atoms with Crippen LogP contribution in [0.2, 0.25) is 0 Å². The Balaban J connectivity index is 1.55. The Bertz CT molecular complexity index is 1390. The maximum Gasteiger partial charge on any atom is 0.418 e. The third-order valence-corrected chi connectivity index (χ3v) is 7.78. The SMILES string of the molecule is CCOC(=O)C1(C)CCN(c2cccc(S(=O)Nc3ccc(C(F)(F)F)c(-c4cccc(F)c4C)n3)n2)CC1. The number of hydrogen-bond acceptors (Lipinski definition) is 6. The van der Waals surface area contributed by atoms with E-state index in [2.05, 4.69) is 14.7 Å². The molecule has 1 N–H and O–H groups in total. The van der Waals surface area contributed by atoms with E-state index in [-0.39, 0.29) is 27.9 Å². The molecule has 1 unspecified atom stereocenters. The van der Waals surface area contributed by atoms with Crippen molar-refractivity contribution in [1.29, 1.82) is 0 Å². The number of nitrogens with one attached hydrogen (secondary N) is 1. The highest BCUT2D eigenvalue weighted by Gasteiger charge is 2.39. The lowest BCUT2D eigenvalue weighted by molar-refractivity contribution is -0.155. The lowest BCUT2D eigenvalue weighted by atomic mass is 9.80. The Hall–Kier alpha value is -3.54. The molecule has 0 aliphatic carbocycles. The van der Waals surface area contributed by atoms with Crippen LogP contribution in [0.5, 0.6) is 0 Å². The Morgan fingerprint density at radius 1 is 1.10 bits per heavy atom. The average Bonchev–Trinajstić information content (AvgIpc) is 2.90. The molecule has 1 aliphatic rings. The van der Waals surface area contributed by atoms with Gasteiger partial charge in [-0.1, -0.05) is 18.2 Å². The molecule has 1 saturated heterocycles. The number of benzene rings is 1. The highest BCUT2D eigenvalue weighted by Crippen LogP contribution is 2.38. The first-order chi connectivity index (χ1) is 18.4. The van der Waals surface area contributed by atoms with Gasteiger partial charge in [-0.3, -0.25) is 9.52 Å². The van der Waals surface area contributed by atoms with Crippen LogP contribution in [-0.4, -0.2) is 39.8 Å². The van der Waals surface area contributed by atoms with Crippen molar-refractivity contribution in [2.24, 2.45) is 5.41 Å². The molecule has 1 fully saturated rings. The fraction of sp³-hybridized carbons (Fsp3) is 0.370. The van der Waals surface area contributed by atoms with Gasteiger partial charge in [0, 0.05) is 18.7 Å². The first-order valence-corrected chi connectivity index (χ1v) is 13.5. The maximum atomic E-state index is 14.1. The second-order valence-corrected chi connectivity index (χ2v) is 10.6. The minimum Gasteiger partial charge on any atom is -0.466 e. The van der Waals surface area contributed by atoms with Gasteiger partial charge >= 0.3 is 12.1 Å². The smallest absolute Gasteiger partial charge is 0.418 e. The van der Waals surface area contributed by atoms with E-state index in [1.807, 2.05) is 11.8 Å². The number of anilines is 2. The minimum atomic E-state index is -4.73. The number of piperidine rings is 1. The predicted molar refractivity (Wildman–Crippen MR) is 140 cm³/mol. The van der Waals surface area contributed by atoms with Gasteiger partial charge in [0.25, 0.3) is 0 Å². The molecule has 4 rings (SSSR count). The number of carbonyl (C=O) groups is 1. The van der Waals surface area contributed by atoms with E-state index < -0.39 is 39.7 Å². The van der Waals surface area contributed by atoms with Crippen molar-refractivity contribution in [3.05, 3.63) is 65.5 Å². The average molecular weight is 565 g/mol. The van der Waals surface area contributed by atoms with E-state index in [9.17, 15) is 26.6 Å². The molecule has 3 heterocycles. The molecule has 1 aliphatic heterocycles. The minimum absolute atomic E-state index is 0.0169. The number of rotatable bonds is 7. The number of esters is 1. The van der Waals surface area contributed by atoms with Gasteiger partial charge in [0.15, 0.2) is 16.0 Å². The second-order valence-electron chi connectivity index (χ2n) is 9.48. The standard InChI is InChI=1S/C27H28F4N4O3S/c1-4-38-25(36)26(3)13-15-35(16-14-26)22-9-6-10-23(33-22)39(37)34-21-12-11-19(27(29,30)31)24(32-21)18-7-5-8-20(28)17(18)2/h5-12H,4,13-16H2,1-3H3,(H,32,34). The van der Waals surface area contributed by atoms with Crippen LogP contribution in [0.4, 0.5) is 29.2 Å². The van der Waals surface area contributed by atoms with E-state index in [1.165, 1.54) is 25.1 Å². The van der Waals surface area contributed by atoms with E-state index in [4.69, 9.17) is 4.74 Å². The van der Waals surface area contributed by atoms with Crippen LogP contribution >= 0.6 is 0 Å². The van der Waals surface area contributed by atoms with Gasteiger partial charge in [-0.2, -0.15) is 13.2 Å². The summed E-state index contributed by atoms with van der Waals surface area (Å²) >= 11 is 0. The number of ether oxygens (including phenoxy) is 1. The summed E-state index contributed by atoms with van der Waals surface area (Å²) in [7, 11) is -1.96. The zero-order valence-electron chi connectivity index (χ0n) is 21.6. The molecular weight excluding hydrogens is 536 g/mol.